The maximum absolute atomic E-state index is 11.6. The summed E-state index contributed by atoms with van der Waals surface area (Å²) >= 11 is 0. The summed E-state index contributed by atoms with van der Waals surface area (Å²) in [6, 6.07) is 5.73. The summed E-state index contributed by atoms with van der Waals surface area (Å²) in [4.78, 5) is 11.6. The molecule has 18 heavy (non-hydrogen) atoms. The average molecular weight is 246 g/mol. The lowest BCUT2D eigenvalue weighted by Crippen LogP contribution is -1.96. The molecule has 1 saturated carbocycles. The van der Waals surface area contributed by atoms with Crippen LogP contribution in [-0.2, 0) is 4.79 Å². The molecular weight excluding hydrogens is 228 g/mol. The Morgan fingerprint density at radius 1 is 1.28 bits per heavy atom. The lowest BCUT2D eigenvalue weighted by Gasteiger charge is -2.09. The predicted molar refractivity (Wildman–Crippen MR) is 71.0 cm³/mol. The first kappa shape index (κ1) is 12.7. The van der Waals surface area contributed by atoms with Crippen molar-refractivity contribution in [2.24, 2.45) is 0 Å². The van der Waals surface area contributed by atoms with E-state index in [-0.39, 0.29) is 5.78 Å². The molecule has 0 aromatic heterocycles. The van der Waals surface area contributed by atoms with E-state index < -0.39 is 0 Å². The van der Waals surface area contributed by atoms with Crippen molar-refractivity contribution < 1.29 is 14.3 Å². The largest absolute Gasteiger partial charge is 0.493 e. The zero-order valence-electron chi connectivity index (χ0n) is 10.9. The lowest BCUT2D eigenvalue weighted by molar-refractivity contribution is -0.114. The van der Waals surface area contributed by atoms with Gasteiger partial charge < -0.3 is 9.47 Å². The highest BCUT2D eigenvalue weighted by atomic mass is 16.5. The van der Waals surface area contributed by atoms with Crippen LogP contribution in [0, 0.1) is 0 Å². The molecule has 0 unspecified atom stereocenters. The number of carbonyl (C=O) groups excluding carboxylic acids is 1. The van der Waals surface area contributed by atoms with E-state index in [2.05, 4.69) is 0 Å². The minimum absolute atomic E-state index is 0.267. The Morgan fingerprint density at radius 3 is 2.72 bits per heavy atom. The Balaban J connectivity index is 2.29. The molecule has 0 heterocycles. The molecule has 1 fully saturated rings. The molecule has 1 aromatic rings. The van der Waals surface area contributed by atoms with E-state index in [0.717, 1.165) is 35.5 Å². The van der Waals surface area contributed by atoms with Crippen molar-refractivity contribution in [3.8, 4) is 11.5 Å². The van der Waals surface area contributed by atoms with E-state index >= 15 is 0 Å². The number of ketones is 1. The van der Waals surface area contributed by atoms with E-state index in [1.165, 1.54) is 0 Å². The minimum atomic E-state index is 0.267. The number of ether oxygens (including phenoxy) is 2. The number of Topliss-reactive ketones (excluding diaryl/α,β-unsaturated/α-hetero) is 1. The fourth-order valence-corrected chi connectivity index (χ4v) is 2.14. The Kier molecular flexibility index (Phi) is 4.03. The average Bonchev–Trinajstić information content (AvgIpc) is 2.76. The van der Waals surface area contributed by atoms with Crippen LogP contribution in [0.2, 0.25) is 0 Å². The predicted octanol–water partition coefficient (Wildman–Crippen LogP) is 3.23. The van der Waals surface area contributed by atoms with Crippen molar-refractivity contribution in [3.05, 3.63) is 29.3 Å². The molecule has 0 amide bonds. The molecule has 0 saturated heterocycles. The molecule has 0 radical (unpaired) electrons. The van der Waals surface area contributed by atoms with Crippen LogP contribution in [0.3, 0.4) is 0 Å². The highest BCUT2D eigenvalue weighted by Crippen LogP contribution is 2.30. The molecular formula is C15H18O3. The lowest BCUT2D eigenvalue weighted by atomic mass is 10.1. The van der Waals surface area contributed by atoms with Crippen LogP contribution in [0.25, 0.3) is 6.08 Å². The van der Waals surface area contributed by atoms with Crippen molar-refractivity contribution in [2.45, 2.75) is 26.2 Å². The van der Waals surface area contributed by atoms with Crippen molar-refractivity contribution in [2.75, 3.05) is 13.7 Å². The highest BCUT2D eigenvalue weighted by Gasteiger charge is 2.16. The Labute approximate surface area is 107 Å². The van der Waals surface area contributed by atoms with Crippen LogP contribution < -0.4 is 9.47 Å². The fourth-order valence-electron chi connectivity index (χ4n) is 2.14. The zero-order valence-corrected chi connectivity index (χ0v) is 10.9. The van der Waals surface area contributed by atoms with Gasteiger partial charge in [0.1, 0.15) is 0 Å². The van der Waals surface area contributed by atoms with Gasteiger partial charge in [0.05, 0.1) is 13.7 Å². The fraction of sp³-hybridized carbons (Fsp3) is 0.400. The molecule has 2 rings (SSSR count). The molecule has 3 nitrogen and oxygen atoms in total. The summed E-state index contributed by atoms with van der Waals surface area (Å²) in [6.45, 7) is 2.53. The quantitative estimate of drug-likeness (QED) is 0.765. The van der Waals surface area contributed by atoms with E-state index in [1.807, 2.05) is 31.2 Å². The van der Waals surface area contributed by atoms with Crippen LogP contribution in [0.5, 0.6) is 11.5 Å². The van der Waals surface area contributed by atoms with Crippen molar-refractivity contribution in [1.29, 1.82) is 0 Å². The van der Waals surface area contributed by atoms with Gasteiger partial charge in [-0.25, -0.2) is 0 Å². The molecule has 0 aliphatic heterocycles. The van der Waals surface area contributed by atoms with Gasteiger partial charge >= 0.3 is 0 Å². The molecule has 0 spiro atoms. The van der Waals surface area contributed by atoms with Gasteiger partial charge in [-0.05, 0) is 49.1 Å². The molecule has 0 atom stereocenters. The third-order valence-electron chi connectivity index (χ3n) is 3.04. The number of hydrogen-bond acceptors (Lipinski definition) is 3. The van der Waals surface area contributed by atoms with Gasteiger partial charge in [0.25, 0.3) is 0 Å². The second kappa shape index (κ2) is 5.71. The molecule has 1 aliphatic carbocycles. The van der Waals surface area contributed by atoms with Crippen LogP contribution in [-0.4, -0.2) is 19.5 Å². The Bertz CT molecular complexity index is 475. The molecule has 96 valence electrons. The topological polar surface area (TPSA) is 35.5 Å². The summed E-state index contributed by atoms with van der Waals surface area (Å²) in [5, 5.41) is 0. The van der Waals surface area contributed by atoms with Crippen LogP contribution >= 0.6 is 0 Å². The van der Waals surface area contributed by atoms with E-state index in [0.29, 0.717) is 13.0 Å². The van der Waals surface area contributed by atoms with Gasteiger partial charge in [-0.15, -0.1) is 0 Å². The van der Waals surface area contributed by atoms with Crippen molar-refractivity contribution in [3.63, 3.8) is 0 Å². The maximum Gasteiger partial charge on any atom is 0.161 e. The Hall–Kier alpha value is -1.77. The smallest absolute Gasteiger partial charge is 0.161 e. The molecule has 0 bridgehead atoms. The maximum atomic E-state index is 11.6. The minimum Gasteiger partial charge on any atom is -0.493 e. The van der Waals surface area contributed by atoms with Gasteiger partial charge in [0.2, 0.25) is 0 Å². The van der Waals surface area contributed by atoms with Crippen LogP contribution in [0.15, 0.2) is 23.8 Å². The third-order valence-corrected chi connectivity index (χ3v) is 3.04. The van der Waals surface area contributed by atoms with Gasteiger partial charge in [-0.1, -0.05) is 6.07 Å². The first-order valence-corrected chi connectivity index (χ1v) is 6.29. The zero-order chi connectivity index (χ0) is 13.0. The van der Waals surface area contributed by atoms with Crippen molar-refractivity contribution >= 4 is 11.9 Å². The summed E-state index contributed by atoms with van der Waals surface area (Å²) in [5.41, 5.74) is 1.91. The normalized spacial score (nSPS) is 17.2. The second-order valence-corrected chi connectivity index (χ2v) is 4.29. The Morgan fingerprint density at radius 2 is 2.11 bits per heavy atom. The molecule has 3 heteroatoms. The number of allylic oxidation sites excluding steroid dienone is 1. The highest BCUT2D eigenvalue weighted by molar-refractivity contribution is 6.01. The number of hydrogen-bond donors (Lipinski definition) is 0. The van der Waals surface area contributed by atoms with E-state index in [4.69, 9.17) is 9.47 Å². The van der Waals surface area contributed by atoms with Crippen LogP contribution in [0.4, 0.5) is 0 Å². The first-order chi connectivity index (χ1) is 8.74. The number of benzene rings is 1. The first-order valence-electron chi connectivity index (χ1n) is 6.29. The van der Waals surface area contributed by atoms with Gasteiger partial charge in [-0.3, -0.25) is 4.79 Å². The van der Waals surface area contributed by atoms with Crippen molar-refractivity contribution in [1.82, 2.24) is 0 Å². The standard InChI is InChI=1S/C15H18O3/c1-3-18-15-10-11(7-8-14(15)17-2)9-12-5-4-6-13(12)16/h7-10H,3-6H2,1-2H3/b12-9+. The van der Waals surface area contributed by atoms with Gasteiger partial charge in [-0.2, -0.15) is 0 Å². The van der Waals surface area contributed by atoms with E-state index in [9.17, 15) is 4.79 Å². The summed E-state index contributed by atoms with van der Waals surface area (Å²) < 4.78 is 10.8. The summed E-state index contributed by atoms with van der Waals surface area (Å²) in [7, 11) is 1.62. The number of rotatable bonds is 4. The number of carbonyl (C=O) groups is 1. The summed E-state index contributed by atoms with van der Waals surface area (Å²) in [6.07, 6.45) is 4.49. The second-order valence-electron chi connectivity index (χ2n) is 4.29. The van der Waals surface area contributed by atoms with Crippen LogP contribution in [0.1, 0.15) is 31.7 Å². The molecule has 1 aromatic carbocycles. The van der Waals surface area contributed by atoms with Gasteiger partial charge in [0.15, 0.2) is 17.3 Å². The monoisotopic (exact) mass is 246 g/mol. The van der Waals surface area contributed by atoms with E-state index in [1.54, 1.807) is 7.11 Å². The SMILES string of the molecule is CCOc1cc(/C=C2\CCCC2=O)ccc1OC. The number of methoxy groups -OCH3 is 1. The molecule has 0 N–H and O–H groups in total. The molecule has 1 aliphatic rings. The van der Waals surface area contributed by atoms with Gasteiger partial charge in [0, 0.05) is 6.42 Å². The summed E-state index contributed by atoms with van der Waals surface area (Å²) in [5.74, 6) is 1.71. The third kappa shape index (κ3) is 2.73.